The molecule has 2 rings (SSSR count). The fraction of sp³-hybridized carbons (Fsp3) is 0.300. The van der Waals surface area contributed by atoms with Crippen LogP contribution < -0.4 is 5.73 Å². The number of halogens is 1. The van der Waals surface area contributed by atoms with Gasteiger partial charge in [0.05, 0.1) is 11.4 Å². The highest BCUT2D eigenvalue weighted by Crippen LogP contribution is 2.22. The number of aromatic nitrogens is 2. The average molecular weight is 254 g/mol. The summed E-state index contributed by atoms with van der Waals surface area (Å²) in [6.07, 6.45) is 3.98. The zero-order valence-electron chi connectivity index (χ0n) is 8.16. The molecule has 74 valence electrons. The molecule has 3 nitrogen and oxygen atoms in total. The van der Waals surface area contributed by atoms with Gasteiger partial charge >= 0.3 is 0 Å². The van der Waals surface area contributed by atoms with Gasteiger partial charge < -0.3 is 10.1 Å². The number of fused-ring (bicyclic) bond motifs is 1. The summed E-state index contributed by atoms with van der Waals surface area (Å²) >= 11 is 3.40. The minimum Gasteiger partial charge on any atom is -0.396 e. The van der Waals surface area contributed by atoms with Gasteiger partial charge in [0.2, 0.25) is 0 Å². The van der Waals surface area contributed by atoms with Gasteiger partial charge in [0, 0.05) is 16.9 Å². The van der Waals surface area contributed by atoms with Crippen LogP contribution in [0, 0.1) is 0 Å². The first kappa shape index (κ1) is 9.52. The molecule has 0 aliphatic heterocycles. The Hall–Kier alpha value is -1.03. The van der Waals surface area contributed by atoms with E-state index < -0.39 is 0 Å². The fourth-order valence-electron chi connectivity index (χ4n) is 1.39. The van der Waals surface area contributed by atoms with Crippen LogP contribution in [0.1, 0.15) is 25.5 Å². The first-order chi connectivity index (χ1) is 6.58. The summed E-state index contributed by atoms with van der Waals surface area (Å²) in [6, 6.07) is 1.87. The van der Waals surface area contributed by atoms with Gasteiger partial charge in [-0.3, -0.25) is 0 Å². The number of nitrogens with zero attached hydrogens (tertiary/aromatic N) is 2. The molecule has 0 atom stereocenters. The lowest BCUT2D eigenvalue weighted by Gasteiger charge is -1.97. The molecule has 2 heterocycles. The van der Waals surface area contributed by atoms with Crippen molar-refractivity contribution in [1.29, 1.82) is 0 Å². The summed E-state index contributed by atoms with van der Waals surface area (Å²) in [7, 11) is 0. The smallest absolute Gasteiger partial charge is 0.160 e. The molecule has 0 aliphatic carbocycles. The number of rotatable bonds is 1. The van der Waals surface area contributed by atoms with Crippen LogP contribution in [-0.2, 0) is 0 Å². The maximum Gasteiger partial charge on any atom is 0.160 e. The van der Waals surface area contributed by atoms with Gasteiger partial charge in [-0.05, 0) is 27.9 Å². The molecule has 14 heavy (non-hydrogen) atoms. The molecule has 0 saturated heterocycles. The lowest BCUT2D eigenvalue weighted by Crippen LogP contribution is -1.91. The second-order valence-corrected chi connectivity index (χ2v) is 4.58. The highest BCUT2D eigenvalue weighted by molar-refractivity contribution is 9.10. The van der Waals surface area contributed by atoms with Gasteiger partial charge in [-0.2, -0.15) is 0 Å². The van der Waals surface area contributed by atoms with Crippen molar-refractivity contribution >= 4 is 27.3 Å². The van der Waals surface area contributed by atoms with E-state index >= 15 is 0 Å². The van der Waals surface area contributed by atoms with Crippen LogP contribution in [0.3, 0.4) is 0 Å². The number of hydrogen-bond donors (Lipinski definition) is 1. The SMILES string of the molecule is CC(C)c1cn2cc(Br)cc(N)c2n1. The molecule has 0 bridgehead atoms. The van der Waals surface area contributed by atoms with Crippen molar-refractivity contribution in [3.63, 3.8) is 0 Å². The van der Waals surface area contributed by atoms with Crippen LogP contribution >= 0.6 is 15.9 Å². The summed E-state index contributed by atoms with van der Waals surface area (Å²) < 4.78 is 2.92. The van der Waals surface area contributed by atoms with E-state index in [1.54, 1.807) is 0 Å². The molecular formula is C10H12BrN3. The Balaban J connectivity index is 2.70. The quantitative estimate of drug-likeness (QED) is 0.850. The van der Waals surface area contributed by atoms with E-state index in [2.05, 4.69) is 34.8 Å². The Morgan fingerprint density at radius 2 is 2.14 bits per heavy atom. The maximum atomic E-state index is 5.86. The average Bonchev–Trinajstić information content (AvgIpc) is 2.47. The lowest BCUT2D eigenvalue weighted by atomic mass is 10.2. The molecule has 0 spiro atoms. The molecule has 0 radical (unpaired) electrons. The molecule has 2 aromatic rings. The van der Waals surface area contributed by atoms with Gasteiger partial charge in [0.25, 0.3) is 0 Å². The number of anilines is 1. The Bertz CT molecular complexity index is 473. The van der Waals surface area contributed by atoms with Gasteiger partial charge in [-0.1, -0.05) is 13.8 Å². The number of nitrogen functional groups attached to an aromatic ring is 1. The zero-order valence-corrected chi connectivity index (χ0v) is 9.75. The first-order valence-corrected chi connectivity index (χ1v) is 5.31. The summed E-state index contributed by atoms with van der Waals surface area (Å²) in [6.45, 7) is 4.24. The second-order valence-electron chi connectivity index (χ2n) is 3.67. The van der Waals surface area contributed by atoms with Crippen LogP contribution in [-0.4, -0.2) is 9.38 Å². The standard InChI is InChI=1S/C10H12BrN3/c1-6(2)9-5-14-4-7(11)3-8(12)10(14)13-9/h3-6H,12H2,1-2H3. The summed E-state index contributed by atoms with van der Waals surface area (Å²) in [5.41, 5.74) is 8.45. The lowest BCUT2D eigenvalue weighted by molar-refractivity contribution is 0.834. The van der Waals surface area contributed by atoms with Gasteiger partial charge in [-0.15, -0.1) is 0 Å². The Kier molecular flexibility index (Phi) is 2.23. The van der Waals surface area contributed by atoms with Crippen LogP contribution in [0.4, 0.5) is 5.69 Å². The monoisotopic (exact) mass is 253 g/mol. The van der Waals surface area contributed by atoms with E-state index in [0.717, 1.165) is 15.8 Å². The van der Waals surface area contributed by atoms with Crippen molar-refractivity contribution in [3.8, 4) is 0 Å². The molecule has 0 aliphatic rings. The minimum atomic E-state index is 0.424. The summed E-state index contributed by atoms with van der Waals surface area (Å²) in [5, 5.41) is 0. The normalized spacial score (nSPS) is 11.4. The van der Waals surface area contributed by atoms with Crippen molar-refractivity contribution in [2.75, 3.05) is 5.73 Å². The van der Waals surface area contributed by atoms with Crippen molar-refractivity contribution < 1.29 is 0 Å². The fourth-order valence-corrected chi connectivity index (χ4v) is 1.85. The van der Waals surface area contributed by atoms with Crippen LogP contribution in [0.5, 0.6) is 0 Å². The number of pyridine rings is 1. The Morgan fingerprint density at radius 3 is 2.79 bits per heavy atom. The second kappa shape index (κ2) is 3.28. The molecule has 2 aromatic heterocycles. The van der Waals surface area contributed by atoms with Crippen LogP contribution in [0.25, 0.3) is 5.65 Å². The van der Waals surface area contributed by atoms with Crippen LogP contribution in [0.15, 0.2) is 22.9 Å². The van der Waals surface area contributed by atoms with Gasteiger partial charge in [0.1, 0.15) is 0 Å². The van der Waals surface area contributed by atoms with Crippen molar-refractivity contribution in [2.24, 2.45) is 0 Å². The van der Waals surface area contributed by atoms with Crippen molar-refractivity contribution in [2.45, 2.75) is 19.8 Å². The van der Waals surface area contributed by atoms with Gasteiger partial charge in [-0.25, -0.2) is 4.98 Å². The highest BCUT2D eigenvalue weighted by Gasteiger charge is 2.07. The van der Waals surface area contributed by atoms with E-state index in [-0.39, 0.29) is 0 Å². The van der Waals surface area contributed by atoms with E-state index in [0.29, 0.717) is 11.6 Å². The predicted octanol–water partition coefficient (Wildman–Crippen LogP) is 2.80. The van der Waals surface area contributed by atoms with Crippen molar-refractivity contribution in [3.05, 3.63) is 28.6 Å². The number of nitrogens with two attached hydrogens (primary N) is 1. The third-order valence-electron chi connectivity index (χ3n) is 2.16. The van der Waals surface area contributed by atoms with E-state index in [1.807, 2.05) is 22.9 Å². The largest absolute Gasteiger partial charge is 0.396 e. The zero-order chi connectivity index (χ0) is 10.3. The summed E-state index contributed by atoms with van der Waals surface area (Å²) in [5.74, 6) is 0.424. The highest BCUT2D eigenvalue weighted by atomic mass is 79.9. The molecule has 0 saturated carbocycles. The van der Waals surface area contributed by atoms with E-state index in [4.69, 9.17) is 5.73 Å². The molecule has 0 fully saturated rings. The third-order valence-corrected chi connectivity index (χ3v) is 2.59. The molecule has 0 aromatic carbocycles. The number of imidazole rings is 1. The molecular weight excluding hydrogens is 242 g/mol. The minimum absolute atomic E-state index is 0.424. The van der Waals surface area contributed by atoms with E-state index in [9.17, 15) is 0 Å². The van der Waals surface area contributed by atoms with Crippen molar-refractivity contribution in [1.82, 2.24) is 9.38 Å². The molecule has 0 amide bonds. The maximum absolute atomic E-state index is 5.86. The molecule has 2 N–H and O–H groups in total. The summed E-state index contributed by atoms with van der Waals surface area (Å²) in [4.78, 5) is 4.47. The topological polar surface area (TPSA) is 43.3 Å². The number of hydrogen-bond acceptors (Lipinski definition) is 2. The molecule has 4 heteroatoms. The Labute approximate surface area is 91.1 Å². The van der Waals surface area contributed by atoms with Gasteiger partial charge in [0.15, 0.2) is 5.65 Å². The first-order valence-electron chi connectivity index (χ1n) is 4.51. The predicted molar refractivity (Wildman–Crippen MR) is 61.4 cm³/mol. The van der Waals surface area contributed by atoms with E-state index in [1.165, 1.54) is 0 Å². The Morgan fingerprint density at radius 1 is 1.43 bits per heavy atom. The third kappa shape index (κ3) is 1.50. The molecule has 0 unspecified atom stereocenters. The van der Waals surface area contributed by atoms with Crippen LogP contribution in [0.2, 0.25) is 0 Å².